The highest BCUT2D eigenvalue weighted by atomic mass is 35.5. The second-order valence-electron chi connectivity index (χ2n) is 4.34. The summed E-state index contributed by atoms with van der Waals surface area (Å²) < 4.78 is 39.7. The van der Waals surface area contributed by atoms with E-state index < -0.39 is 15.8 Å². The molecule has 2 rings (SSSR count). The Bertz CT molecular complexity index is 768. The molecule has 1 N–H and O–H groups in total. The van der Waals surface area contributed by atoms with Crippen molar-refractivity contribution in [3.05, 3.63) is 58.9 Å². The van der Waals surface area contributed by atoms with Gasteiger partial charge in [0.2, 0.25) is 0 Å². The van der Waals surface area contributed by atoms with E-state index in [2.05, 4.69) is 4.72 Å². The van der Waals surface area contributed by atoms with Crippen molar-refractivity contribution in [1.82, 2.24) is 0 Å². The molecule has 0 aromatic heterocycles. The van der Waals surface area contributed by atoms with Gasteiger partial charge in [0.25, 0.3) is 10.0 Å². The summed E-state index contributed by atoms with van der Waals surface area (Å²) in [6, 6.07) is 8.82. The Kier molecular flexibility index (Phi) is 4.29. The van der Waals surface area contributed by atoms with Crippen LogP contribution >= 0.6 is 11.6 Å². The highest BCUT2D eigenvalue weighted by molar-refractivity contribution is 7.92. The second kappa shape index (κ2) is 5.83. The summed E-state index contributed by atoms with van der Waals surface area (Å²) in [5.74, 6) is -0.809. The van der Waals surface area contributed by atoms with E-state index in [0.29, 0.717) is 5.56 Å². The summed E-state index contributed by atoms with van der Waals surface area (Å²) in [4.78, 5) is 11.1. The van der Waals surface area contributed by atoms with Crippen LogP contribution < -0.4 is 4.72 Å². The number of carbonyl (C=O) groups is 1. The Balaban J connectivity index is 2.31. The molecule has 110 valence electrons. The minimum absolute atomic E-state index is 0.0237. The van der Waals surface area contributed by atoms with Gasteiger partial charge in [-0.05, 0) is 37.3 Å². The summed E-state index contributed by atoms with van der Waals surface area (Å²) in [5, 5.41) is 0.0830. The first-order valence-corrected chi connectivity index (χ1v) is 7.74. The van der Waals surface area contributed by atoms with Gasteiger partial charge in [-0.25, -0.2) is 12.8 Å². The van der Waals surface area contributed by atoms with Gasteiger partial charge in [0.1, 0.15) is 5.82 Å². The van der Waals surface area contributed by atoms with Crippen LogP contribution in [0.2, 0.25) is 5.02 Å². The molecule has 0 aliphatic carbocycles. The zero-order valence-electron chi connectivity index (χ0n) is 10.9. The van der Waals surface area contributed by atoms with Crippen LogP contribution in [0.5, 0.6) is 0 Å². The van der Waals surface area contributed by atoms with Crippen LogP contribution in [0, 0.1) is 5.82 Å². The number of benzene rings is 2. The first kappa shape index (κ1) is 15.5. The predicted octanol–water partition coefficient (Wildman–Crippen LogP) is 3.48. The number of halogens is 2. The molecule has 0 radical (unpaired) electrons. The van der Waals surface area contributed by atoms with Gasteiger partial charge in [0.05, 0.1) is 10.6 Å². The van der Waals surface area contributed by atoms with Gasteiger partial charge in [-0.15, -0.1) is 0 Å². The summed E-state index contributed by atoms with van der Waals surface area (Å²) in [6.45, 7) is 1.39. The first-order valence-electron chi connectivity index (χ1n) is 5.88. The van der Waals surface area contributed by atoms with Crippen LogP contribution in [0.4, 0.5) is 10.1 Å². The Morgan fingerprint density at radius 2 is 1.76 bits per heavy atom. The van der Waals surface area contributed by atoms with E-state index in [9.17, 15) is 17.6 Å². The Morgan fingerprint density at radius 3 is 2.29 bits per heavy atom. The van der Waals surface area contributed by atoms with Crippen LogP contribution in [0.1, 0.15) is 17.3 Å². The quantitative estimate of drug-likeness (QED) is 0.874. The number of hydrogen-bond donors (Lipinski definition) is 1. The van der Waals surface area contributed by atoms with Crippen LogP contribution in [-0.2, 0) is 10.0 Å². The van der Waals surface area contributed by atoms with Crippen molar-refractivity contribution in [1.29, 1.82) is 0 Å². The molecule has 0 fully saturated rings. The zero-order chi connectivity index (χ0) is 15.6. The van der Waals surface area contributed by atoms with E-state index in [4.69, 9.17) is 11.6 Å². The average Bonchev–Trinajstić information content (AvgIpc) is 2.37. The second-order valence-corrected chi connectivity index (χ2v) is 6.46. The predicted molar refractivity (Wildman–Crippen MR) is 78.7 cm³/mol. The smallest absolute Gasteiger partial charge is 0.261 e. The number of hydrogen-bond acceptors (Lipinski definition) is 3. The van der Waals surface area contributed by atoms with E-state index in [1.165, 1.54) is 37.3 Å². The molecule has 0 bridgehead atoms. The highest BCUT2D eigenvalue weighted by Gasteiger charge is 2.15. The van der Waals surface area contributed by atoms with Crippen molar-refractivity contribution in [3.63, 3.8) is 0 Å². The van der Waals surface area contributed by atoms with Crippen LogP contribution in [0.15, 0.2) is 47.4 Å². The number of ketones is 1. The van der Waals surface area contributed by atoms with E-state index >= 15 is 0 Å². The molecule has 4 nitrogen and oxygen atoms in total. The Morgan fingerprint density at radius 1 is 1.14 bits per heavy atom. The number of rotatable bonds is 4. The lowest BCUT2D eigenvalue weighted by Gasteiger charge is -2.09. The minimum Gasteiger partial charge on any atom is -0.295 e. The molecule has 0 aliphatic rings. The summed E-state index contributed by atoms with van der Waals surface area (Å²) in [5.41, 5.74) is 0.429. The number of carbonyl (C=O) groups excluding carboxylic acids is 1. The Hall–Kier alpha value is -1.92. The lowest BCUT2D eigenvalue weighted by Crippen LogP contribution is -2.13. The molecule has 0 saturated carbocycles. The SMILES string of the molecule is CC(=O)c1ccc(S(=O)(=O)Nc2cc(F)cc(Cl)c2)cc1. The third-order valence-corrected chi connectivity index (χ3v) is 4.30. The van der Waals surface area contributed by atoms with E-state index in [1.807, 2.05) is 0 Å². The van der Waals surface area contributed by atoms with Crippen molar-refractivity contribution >= 4 is 33.1 Å². The number of Topliss-reactive ketones (excluding diaryl/α,β-unsaturated/α-hetero) is 1. The molecule has 21 heavy (non-hydrogen) atoms. The fourth-order valence-electron chi connectivity index (χ4n) is 1.70. The van der Waals surface area contributed by atoms with E-state index in [1.54, 1.807) is 0 Å². The van der Waals surface area contributed by atoms with Crippen molar-refractivity contribution in [2.45, 2.75) is 11.8 Å². The van der Waals surface area contributed by atoms with E-state index in [0.717, 1.165) is 12.1 Å². The molecule has 0 unspecified atom stereocenters. The van der Waals surface area contributed by atoms with Gasteiger partial charge in [-0.2, -0.15) is 0 Å². The molecule has 0 atom stereocenters. The highest BCUT2D eigenvalue weighted by Crippen LogP contribution is 2.21. The molecule has 0 spiro atoms. The largest absolute Gasteiger partial charge is 0.295 e. The number of sulfonamides is 1. The summed E-state index contributed by atoms with van der Waals surface area (Å²) in [7, 11) is -3.88. The molecule has 0 amide bonds. The molecule has 2 aromatic carbocycles. The van der Waals surface area contributed by atoms with Crippen LogP contribution in [0.3, 0.4) is 0 Å². The third-order valence-electron chi connectivity index (χ3n) is 2.69. The molecule has 0 heterocycles. The maximum absolute atomic E-state index is 13.2. The molecule has 2 aromatic rings. The van der Waals surface area contributed by atoms with Gasteiger partial charge < -0.3 is 0 Å². The monoisotopic (exact) mass is 327 g/mol. The number of anilines is 1. The zero-order valence-corrected chi connectivity index (χ0v) is 12.5. The van der Waals surface area contributed by atoms with Crippen LogP contribution in [0.25, 0.3) is 0 Å². The molecular formula is C14H11ClFNO3S. The van der Waals surface area contributed by atoms with Crippen molar-refractivity contribution < 1.29 is 17.6 Å². The van der Waals surface area contributed by atoms with Crippen LogP contribution in [-0.4, -0.2) is 14.2 Å². The molecule has 0 aliphatic heterocycles. The summed E-state index contributed by atoms with van der Waals surface area (Å²) in [6.07, 6.45) is 0. The topological polar surface area (TPSA) is 63.2 Å². The molecule has 0 saturated heterocycles. The van der Waals surface area contributed by atoms with Gasteiger partial charge in [-0.3, -0.25) is 9.52 Å². The summed E-state index contributed by atoms with van der Waals surface area (Å²) >= 11 is 5.67. The lowest BCUT2D eigenvalue weighted by molar-refractivity contribution is 0.101. The fourth-order valence-corrected chi connectivity index (χ4v) is 2.96. The molecule has 7 heteroatoms. The normalized spacial score (nSPS) is 11.2. The maximum Gasteiger partial charge on any atom is 0.261 e. The average molecular weight is 328 g/mol. The van der Waals surface area contributed by atoms with Gasteiger partial charge in [0, 0.05) is 10.6 Å². The van der Waals surface area contributed by atoms with Gasteiger partial charge in [-0.1, -0.05) is 23.7 Å². The van der Waals surface area contributed by atoms with Gasteiger partial charge in [0.15, 0.2) is 5.78 Å². The number of nitrogens with one attached hydrogen (secondary N) is 1. The van der Waals surface area contributed by atoms with Crippen molar-refractivity contribution in [3.8, 4) is 0 Å². The lowest BCUT2D eigenvalue weighted by atomic mass is 10.2. The Labute approximate surface area is 126 Å². The minimum atomic E-state index is -3.88. The van der Waals surface area contributed by atoms with Crippen molar-refractivity contribution in [2.75, 3.05) is 4.72 Å². The fraction of sp³-hybridized carbons (Fsp3) is 0.0714. The first-order chi connectivity index (χ1) is 9.78. The third kappa shape index (κ3) is 3.80. The van der Waals surface area contributed by atoms with E-state index in [-0.39, 0.29) is 21.4 Å². The standard InChI is InChI=1S/C14H11ClFNO3S/c1-9(18)10-2-4-14(5-3-10)21(19,20)17-13-7-11(15)6-12(16)8-13/h2-8,17H,1H3. The van der Waals surface area contributed by atoms with Gasteiger partial charge >= 0.3 is 0 Å². The maximum atomic E-state index is 13.2. The molecular weight excluding hydrogens is 317 g/mol. The van der Waals surface area contributed by atoms with Crippen molar-refractivity contribution in [2.24, 2.45) is 0 Å².